The Bertz CT molecular complexity index is 984. The van der Waals surface area contributed by atoms with E-state index in [1.165, 1.54) is 11.3 Å². The largest absolute Gasteiger partial charge is 0.345 e. The predicted octanol–water partition coefficient (Wildman–Crippen LogP) is 4.88. The highest BCUT2D eigenvalue weighted by atomic mass is 32.1. The molecule has 6 heteroatoms. The summed E-state index contributed by atoms with van der Waals surface area (Å²) in [5.74, 6) is -0.0238. The fraction of sp³-hybridized carbons (Fsp3) is 0.222. The topological polar surface area (TPSA) is 46.4 Å². The number of amides is 1. The summed E-state index contributed by atoms with van der Waals surface area (Å²) in [6, 6.07) is 12.1. The van der Waals surface area contributed by atoms with Crippen molar-refractivity contribution in [2.24, 2.45) is 0 Å². The van der Waals surface area contributed by atoms with Crippen molar-refractivity contribution >= 4 is 43.9 Å². The number of hydrogen-bond donors (Lipinski definition) is 1. The smallest absolute Gasteiger partial charge is 0.261 e. The summed E-state index contributed by atoms with van der Waals surface area (Å²) in [7, 11) is 0. The molecule has 0 saturated carbocycles. The first kappa shape index (κ1) is 15.4. The molecule has 1 amide bonds. The zero-order valence-corrected chi connectivity index (χ0v) is 14.9. The molecule has 0 bridgehead atoms. The van der Waals surface area contributed by atoms with E-state index in [9.17, 15) is 4.79 Å². The maximum Gasteiger partial charge on any atom is 0.261 e. The quantitative estimate of drug-likeness (QED) is 0.554. The van der Waals surface area contributed by atoms with Crippen LogP contribution in [0.2, 0.25) is 0 Å². The summed E-state index contributed by atoms with van der Waals surface area (Å²) < 4.78 is 2.04. The summed E-state index contributed by atoms with van der Waals surface area (Å²) in [5, 5.41) is 5.19. The number of benzene rings is 1. The van der Waals surface area contributed by atoms with Crippen LogP contribution < -0.4 is 5.32 Å². The van der Waals surface area contributed by atoms with Gasteiger partial charge in [0.05, 0.1) is 16.4 Å². The molecule has 4 aromatic rings. The Morgan fingerprint density at radius 3 is 2.96 bits per heavy atom. The summed E-state index contributed by atoms with van der Waals surface area (Å²) in [6.45, 7) is 2.13. The molecule has 122 valence electrons. The second-order valence-electron chi connectivity index (χ2n) is 5.69. The lowest BCUT2D eigenvalue weighted by molar-refractivity contribution is 0.0938. The second-order valence-corrected chi connectivity index (χ2v) is 7.60. The number of carbonyl (C=O) groups excluding carboxylic acids is 1. The van der Waals surface area contributed by atoms with Crippen LogP contribution in [-0.4, -0.2) is 15.3 Å². The molecule has 24 heavy (non-hydrogen) atoms. The van der Waals surface area contributed by atoms with Crippen molar-refractivity contribution in [3.05, 3.63) is 58.4 Å². The van der Waals surface area contributed by atoms with Crippen molar-refractivity contribution in [2.45, 2.75) is 25.8 Å². The molecule has 0 radical (unpaired) electrons. The number of nitrogens with one attached hydrogen (secondary N) is 1. The first-order valence-corrected chi connectivity index (χ1v) is 9.67. The number of thiophene rings is 1. The Hall–Kier alpha value is -2.18. The zero-order valence-electron chi connectivity index (χ0n) is 13.2. The minimum absolute atomic E-state index is 0.0238. The predicted molar refractivity (Wildman–Crippen MR) is 100 cm³/mol. The Balaban J connectivity index is 1.61. The lowest BCUT2D eigenvalue weighted by Gasteiger charge is -2.18. The van der Waals surface area contributed by atoms with Crippen molar-refractivity contribution in [3.63, 3.8) is 0 Å². The molecular formula is C18H17N3OS2. The molecule has 0 spiro atoms. The second kappa shape index (κ2) is 6.37. The maximum absolute atomic E-state index is 12.7. The average molecular weight is 355 g/mol. The highest BCUT2D eigenvalue weighted by Crippen LogP contribution is 2.29. The Kier molecular flexibility index (Phi) is 4.08. The van der Waals surface area contributed by atoms with E-state index in [1.54, 1.807) is 11.3 Å². The van der Waals surface area contributed by atoms with Gasteiger partial charge in [0.25, 0.3) is 5.91 Å². The molecule has 0 aliphatic rings. The number of rotatable bonds is 5. The van der Waals surface area contributed by atoms with Crippen LogP contribution in [-0.2, 0) is 0 Å². The number of thiazole rings is 1. The minimum Gasteiger partial charge on any atom is -0.345 e. The van der Waals surface area contributed by atoms with Crippen molar-refractivity contribution in [1.29, 1.82) is 0 Å². The number of aromatic nitrogens is 2. The maximum atomic E-state index is 12.7. The highest BCUT2D eigenvalue weighted by molar-refractivity contribution is 7.21. The van der Waals surface area contributed by atoms with Gasteiger partial charge in [-0.25, -0.2) is 4.98 Å². The van der Waals surface area contributed by atoms with Gasteiger partial charge in [0, 0.05) is 11.6 Å². The van der Waals surface area contributed by atoms with E-state index < -0.39 is 0 Å². The van der Waals surface area contributed by atoms with Gasteiger partial charge in [0.15, 0.2) is 4.96 Å². The fourth-order valence-electron chi connectivity index (χ4n) is 2.89. The number of carbonyl (C=O) groups is 1. The van der Waals surface area contributed by atoms with Crippen molar-refractivity contribution in [3.8, 4) is 0 Å². The molecule has 3 aromatic heterocycles. The van der Waals surface area contributed by atoms with Crippen molar-refractivity contribution < 1.29 is 4.79 Å². The van der Waals surface area contributed by atoms with E-state index in [4.69, 9.17) is 0 Å². The average Bonchev–Trinajstić information content (AvgIpc) is 3.27. The Morgan fingerprint density at radius 1 is 1.33 bits per heavy atom. The van der Waals surface area contributed by atoms with Crippen LogP contribution in [0.5, 0.6) is 0 Å². The fourth-order valence-corrected chi connectivity index (χ4v) is 4.59. The zero-order chi connectivity index (χ0) is 16.5. The molecule has 1 N–H and O–H groups in total. The molecule has 1 unspecified atom stereocenters. The standard InChI is InChI=1S/C18H17N3OS2/c1-2-6-13(12-7-4-3-5-8-12)19-16(22)15-11-14-17(24-15)20-18-21(14)9-10-23-18/h3-5,7-11,13H,2,6H2,1H3,(H,19,22). The lowest BCUT2D eigenvalue weighted by atomic mass is 10.0. The lowest BCUT2D eigenvalue weighted by Crippen LogP contribution is -2.27. The summed E-state index contributed by atoms with van der Waals surface area (Å²) in [6.07, 6.45) is 3.94. The van der Waals surface area contributed by atoms with E-state index in [0.717, 1.165) is 33.7 Å². The molecule has 1 aromatic carbocycles. The van der Waals surface area contributed by atoms with Crippen molar-refractivity contribution in [1.82, 2.24) is 14.7 Å². The van der Waals surface area contributed by atoms with E-state index in [2.05, 4.69) is 29.4 Å². The molecule has 0 saturated heterocycles. The Morgan fingerprint density at radius 2 is 2.17 bits per heavy atom. The molecule has 4 nitrogen and oxygen atoms in total. The first-order chi connectivity index (χ1) is 11.8. The van der Waals surface area contributed by atoms with E-state index >= 15 is 0 Å². The molecule has 0 aliphatic carbocycles. The van der Waals surface area contributed by atoms with E-state index in [1.807, 2.05) is 40.2 Å². The monoisotopic (exact) mass is 355 g/mol. The molecule has 3 heterocycles. The van der Waals surface area contributed by atoms with Crippen LogP contribution in [0.25, 0.3) is 15.3 Å². The van der Waals surface area contributed by atoms with E-state index in [0.29, 0.717) is 4.88 Å². The summed E-state index contributed by atoms with van der Waals surface area (Å²) in [5.41, 5.74) is 2.16. The molecular weight excluding hydrogens is 338 g/mol. The van der Waals surface area contributed by atoms with Crippen LogP contribution in [0.4, 0.5) is 0 Å². The van der Waals surface area contributed by atoms with Crippen LogP contribution in [0.3, 0.4) is 0 Å². The third kappa shape index (κ3) is 2.72. The van der Waals surface area contributed by atoms with Crippen LogP contribution in [0, 0.1) is 0 Å². The molecule has 4 rings (SSSR count). The number of hydrogen-bond acceptors (Lipinski definition) is 4. The number of imidazole rings is 1. The van der Waals surface area contributed by atoms with Gasteiger partial charge >= 0.3 is 0 Å². The summed E-state index contributed by atoms with van der Waals surface area (Å²) in [4.78, 5) is 19.9. The molecule has 0 aliphatic heterocycles. The molecule has 0 fully saturated rings. The van der Waals surface area contributed by atoms with Gasteiger partial charge in [0.2, 0.25) is 0 Å². The van der Waals surface area contributed by atoms with Crippen LogP contribution in [0.15, 0.2) is 48.0 Å². The van der Waals surface area contributed by atoms with Gasteiger partial charge in [-0.05, 0) is 18.1 Å². The van der Waals surface area contributed by atoms with Crippen molar-refractivity contribution in [2.75, 3.05) is 0 Å². The van der Waals surface area contributed by atoms with Gasteiger partial charge in [-0.3, -0.25) is 9.20 Å². The summed E-state index contributed by atoms with van der Waals surface area (Å²) >= 11 is 3.06. The van der Waals surface area contributed by atoms with Crippen LogP contribution >= 0.6 is 22.7 Å². The minimum atomic E-state index is -0.0238. The van der Waals surface area contributed by atoms with Gasteiger partial charge in [-0.15, -0.1) is 22.7 Å². The van der Waals surface area contributed by atoms with Gasteiger partial charge < -0.3 is 5.32 Å². The van der Waals surface area contributed by atoms with Gasteiger partial charge in [0.1, 0.15) is 4.83 Å². The van der Waals surface area contributed by atoms with Gasteiger partial charge in [-0.2, -0.15) is 0 Å². The third-order valence-corrected chi connectivity index (χ3v) is 5.82. The Labute approximate surface area is 147 Å². The number of nitrogens with zero attached hydrogens (tertiary/aromatic N) is 2. The highest BCUT2D eigenvalue weighted by Gasteiger charge is 2.18. The number of fused-ring (bicyclic) bond motifs is 3. The van der Waals surface area contributed by atoms with E-state index in [-0.39, 0.29) is 11.9 Å². The third-order valence-electron chi connectivity index (χ3n) is 4.05. The SMILES string of the molecule is CCCC(NC(=O)c1cc2c(nc3sccn32)s1)c1ccccc1. The normalized spacial score (nSPS) is 12.7. The van der Waals surface area contributed by atoms with Crippen LogP contribution in [0.1, 0.15) is 41.0 Å². The molecule has 1 atom stereocenters. The first-order valence-electron chi connectivity index (χ1n) is 7.97. The van der Waals surface area contributed by atoms with Gasteiger partial charge in [-0.1, -0.05) is 43.7 Å².